The molecule has 1 saturated carbocycles. The first kappa shape index (κ1) is 17.4. The summed E-state index contributed by atoms with van der Waals surface area (Å²) >= 11 is 0. The molecule has 7 heteroatoms. The summed E-state index contributed by atoms with van der Waals surface area (Å²) in [6.07, 6.45) is 2.13. The van der Waals surface area contributed by atoms with Crippen molar-refractivity contribution in [1.29, 1.82) is 0 Å². The zero-order valence-electron chi connectivity index (χ0n) is 16.0. The Morgan fingerprint density at radius 1 is 1.15 bits per heavy atom. The number of aromatic nitrogens is 2. The molecule has 4 heterocycles. The highest BCUT2D eigenvalue weighted by Gasteiger charge is 2.59. The van der Waals surface area contributed by atoms with E-state index in [1.807, 2.05) is 19.1 Å². The number of fused-ring (bicyclic) bond motifs is 1. The maximum Gasteiger partial charge on any atom is 0.226 e. The minimum absolute atomic E-state index is 0.0164. The Hall–Kier alpha value is -1.73. The third kappa shape index (κ3) is 3.21. The van der Waals surface area contributed by atoms with Gasteiger partial charge in [-0.3, -0.25) is 4.79 Å². The van der Waals surface area contributed by atoms with Gasteiger partial charge in [0.2, 0.25) is 5.91 Å². The molecule has 1 aromatic heterocycles. The Balaban J connectivity index is 1.31. The third-order valence-corrected chi connectivity index (χ3v) is 6.76. The Morgan fingerprint density at radius 3 is 2.78 bits per heavy atom. The number of rotatable bonds is 2. The van der Waals surface area contributed by atoms with Crippen molar-refractivity contribution in [2.24, 2.45) is 23.2 Å². The van der Waals surface area contributed by atoms with Gasteiger partial charge in [0.05, 0.1) is 32.1 Å². The SMILES string of the molecule is Cc1ccc(N2CCOCC3(CCCN(C(=O)C4[C@H]5COC[C@@H]45)C3)C2)nn1. The van der Waals surface area contributed by atoms with Gasteiger partial charge in [0.1, 0.15) is 0 Å². The van der Waals surface area contributed by atoms with Crippen LogP contribution in [0.5, 0.6) is 0 Å². The molecule has 146 valence electrons. The molecule has 0 bridgehead atoms. The summed E-state index contributed by atoms with van der Waals surface area (Å²) in [7, 11) is 0. The summed E-state index contributed by atoms with van der Waals surface area (Å²) in [6, 6.07) is 4.05. The van der Waals surface area contributed by atoms with Crippen LogP contribution in [0.2, 0.25) is 0 Å². The maximum absolute atomic E-state index is 13.1. The fraction of sp³-hybridized carbons (Fsp3) is 0.750. The number of piperidine rings is 1. The van der Waals surface area contributed by atoms with Crippen LogP contribution in [0.4, 0.5) is 5.82 Å². The van der Waals surface area contributed by atoms with Crippen molar-refractivity contribution in [2.75, 3.05) is 57.5 Å². The quantitative estimate of drug-likeness (QED) is 0.775. The fourth-order valence-electron chi connectivity index (χ4n) is 5.21. The van der Waals surface area contributed by atoms with Crippen LogP contribution < -0.4 is 4.90 Å². The van der Waals surface area contributed by atoms with Crippen LogP contribution in [-0.2, 0) is 14.3 Å². The van der Waals surface area contributed by atoms with Gasteiger partial charge >= 0.3 is 0 Å². The highest BCUT2D eigenvalue weighted by Crippen LogP contribution is 2.52. The van der Waals surface area contributed by atoms with Gasteiger partial charge in [-0.25, -0.2) is 0 Å². The Kier molecular flexibility index (Phi) is 4.31. The molecule has 1 spiro atoms. The van der Waals surface area contributed by atoms with E-state index in [1.54, 1.807) is 0 Å². The summed E-state index contributed by atoms with van der Waals surface area (Å²) in [5, 5.41) is 8.60. The summed E-state index contributed by atoms with van der Waals surface area (Å²) in [5.41, 5.74) is 0.908. The van der Waals surface area contributed by atoms with E-state index >= 15 is 0 Å². The predicted octanol–water partition coefficient (Wildman–Crippen LogP) is 1.12. The molecule has 3 saturated heterocycles. The number of anilines is 1. The lowest BCUT2D eigenvalue weighted by molar-refractivity contribution is -0.138. The second kappa shape index (κ2) is 6.71. The molecule has 4 aliphatic rings. The number of hydrogen-bond donors (Lipinski definition) is 0. The van der Waals surface area contributed by atoms with Crippen LogP contribution in [-0.4, -0.2) is 73.6 Å². The molecular weight excluding hydrogens is 344 g/mol. The minimum Gasteiger partial charge on any atom is -0.381 e. The van der Waals surface area contributed by atoms with Crippen molar-refractivity contribution in [3.8, 4) is 0 Å². The van der Waals surface area contributed by atoms with Crippen LogP contribution in [0.1, 0.15) is 18.5 Å². The molecule has 3 aliphatic heterocycles. The normalized spacial score (nSPS) is 35.8. The highest BCUT2D eigenvalue weighted by molar-refractivity contribution is 5.82. The number of carbonyl (C=O) groups is 1. The monoisotopic (exact) mass is 372 g/mol. The average Bonchev–Trinajstić information content (AvgIpc) is 3.24. The lowest BCUT2D eigenvalue weighted by atomic mass is 9.80. The second-order valence-corrected chi connectivity index (χ2v) is 8.76. The molecule has 1 aromatic rings. The minimum atomic E-state index is -0.0164. The molecule has 5 rings (SSSR count). The molecular formula is C20H28N4O3. The first-order valence-electron chi connectivity index (χ1n) is 10.1. The summed E-state index contributed by atoms with van der Waals surface area (Å²) in [6.45, 7) is 8.24. The fourth-order valence-corrected chi connectivity index (χ4v) is 5.21. The van der Waals surface area contributed by atoms with Crippen LogP contribution >= 0.6 is 0 Å². The van der Waals surface area contributed by atoms with E-state index in [-0.39, 0.29) is 11.3 Å². The number of nitrogens with zero attached hydrogens (tertiary/aromatic N) is 4. The third-order valence-electron chi connectivity index (χ3n) is 6.76. The number of aryl methyl sites for hydroxylation is 1. The van der Waals surface area contributed by atoms with Crippen molar-refractivity contribution >= 4 is 11.7 Å². The van der Waals surface area contributed by atoms with E-state index in [0.717, 1.165) is 63.7 Å². The maximum atomic E-state index is 13.1. The van der Waals surface area contributed by atoms with E-state index in [4.69, 9.17) is 9.47 Å². The van der Waals surface area contributed by atoms with E-state index < -0.39 is 0 Å². The summed E-state index contributed by atoms with van der Waals surface area (Å²) in [4.78, 5) is 17.5. The largest absolute Gasteiger partial charge is 0.381 e. The van der Waals surface area contributed by atoms with Crippen LogP contribution in [0.25, 0.3) is 0 Å². The number of amides is 1. The highest BCUT2D eigenvalue weighted by atomic mass is 16.5. The van der Waals surface area contributed by atoms with Gasteiger partial charge in [-0.05, 0) is 43.7 Å². The molecule has 2 unspecified atom stereocenters. The molecule has 4 atom stereocenters. The summed E-state index contributed by atoms with van der Waals surface area (Å²) in [5.74, 6) is 2.40. The van der Waals surface area contributed by atoms with Crippen molar-refractivity contribution in [3.63, 3.8) is 0 Å². The van der Waals surface area contributed by atoms with Gasteiger partial charge in [-0.15, -0.1) is 5.10 Å². The Labute approximate surface area is 160 Å². The standard InChI is InChI=1S/C20H28N4O3/c1-14-3-4-17(22-21-14)23-7-8-26-13-20(11-23)5-2-6-24(12-20)19(25)18-15-9-27-10-16(15)18/h3-4,15-16,18H,2,5-13H2,1H3/t15-,16+,18?,20?. The van der Waals surface area contributed by atoms with Gasteiger partial charge in [0.15, 0.2) is 5.82 Å². The van der Waals surface area contributed by atoms with Gasteiger partial charge in [0.25, 0.3) is 0 Å². The van der Waals surface area contributed by atoms with Gasteiger partial charge < -0.3 is 19.3 Å². The Morgan fingerprint density at radius 2 is 2.00 bits per heavy atom. The van der Waals surface area contributed by atoms with E-state index in [2.05, 4.69) is 20.0 Å². The van der Waals surface area contributed by atoms with Crippen LogP contribution in [0.3, 0.4) is 0 Å². The molecule has 1 aliphatic carbocycles. The van der Waals surface area contributed by atoms with Gasteiger partial charge in [-0.1, -0.05) is 0 Å². The van der Waals surface area contributed by atoms with Crippen molar-refractivity contribution < 1.29 is 14.3 Å². The molecule has 0 radical (unpaired) electrons. The lowest BCUT2D eigenvalue weighted by Crippen LogP contribution is -2.53. The summed E-state index contributed by atoms with van der Waals surface area (Å²) < 4.78 is 11.5. The van der Waals surface area contributed by atoms with Crippen molar-refractivity contribution in [3.05, 3.63) is 17.8 Å². The smallest absolute Gasteiger partial charge is 0.226 e. The van der Waals surface area contributed by atoms with E-state index in [1.165, 1.54) is 0 Å². The predicted molar refractivity (Wildman–Crippen MR) is 99.3 cm³/mol. The number of hydrogen-bond acceptors (Lipinski definition) is 6. The average molecular weight is 372 g/mol. The molecule has 27 heavy (non-hydrogen) atoms. The van der Waals surface area contributed by atoms with E-state index in [0.29, 0.717) is 31.0 Å². The first-order chi connectivity index (χ1) is 13.2. The van der Waals surface area contributed by atoms with Gasteiger partial charge in [0, 0.05) is 37.5 Å². The lowest BCUT2D eigenvalue weighted by Gasteiger charge is -2.44. The van der Waals surface area contributed by atoms with Crippen molar-refractivity contribution in [2.45, 2.75) is 19.8 Å². The number of likely N-dealkylation sites (tertiary alicyclic amines) is 1. The molecule has 1 amide bonds. The zero-order valence-corrected chi connectivity index (χ0v) is 16.0. The number of carbonyl (C=O) groups excluding carboxylic acids is 1. The molecule has 0 N–H and O–H groups in total. The second-order valence-electron chi connectivity index (χ2n) is 8.76. The topological polar surface area (TPSA) is 67.8 Å². The van der Waals surface area contributed by atoms with Gasteiger partial charge in [-0.2, -0.15) is 5.10 Å². The number of ether oxygens (including phenoxy) is 2. The first-order valence-corrected chi connectivity index (χ1v) is 10.1. The molecule has 4 fully saturated rings. The van der Waals surface area contributed by atoms with Crippen molar-refractivity contribution in [1.82, 2.24) is 15.1 Å². The Bertz CT molecular complexity index is 702. The molecule has 7 nitrogen and oxygen atoms in total. The van der Waals surface area contributed by atoms with Crippen LogP contribution in [0, 0.1) is 30.1 Å². The van der Waals surface area contributed by atoms with E-state index in [9.17, 15) is 4.79 Å². The zero-order chi connectivity index (χ0) is 18.4. The molecule has 0 aromatic carbocycles. The van der Waals surface area contributed by atoms with Crippen LogP contribution in [0.15, 0.2) is 12.1 Å².